The molecule has 0 spiro atoms. The van der Waals surface area contributed by atoms with Gasteiger partial charge in [-0.1, -0.05) is 58.9 Å². The lowest BCUT2D eigenvalue weighted by atomic mass is 9.82. The van der Waals surface area contributed by atoms with Gasteiger partial charge in [0.05, 0.1) is 16.1 Å². The molecule has 0 N–H and O–H groups in total. The van der Waals surface area contributed by atoms with Gasteiger partial charge in [0.25, 0.3) is 0 Å². The molecule has 0 radical (unpaired) electrons. The molecule has 3 heteroatoms. The Morgan fingerprint density at radius 1 is 0.818 bits per heavy atom. The maximum absolute atomic E-state index is 4.79. The normalized spacial score (nSPS) is 12.2. The molecule has 0 aliphatic heterocycles. The molecular formula is C30H30N2S. The second-order valence-electron chi connectivity index (χ2n) is 10.3. The first-order valence-corrected chi connectivity index (χ1v) is 12.5. The van der Waals surface area contributed by atoms with Gasteiger partial charge >= 0.3 is 0 Å². The molecule has 0 aliphatic rings. The third-order valence-electron chi connectivity index (χ3n) is 6.09. The van der Waals surface area contributed by atoms with Crippen LogP contribution >= 0.6 is 11.3 Å². The molecule has 33 heavy (non-hydrogen) atoms. The Morgan fingerprint density at radius 3 is 2.39 bits per heavy atom. The predicted molar refractivity (Wildman–Crippen MR) is 143 cm³/mol. The summed E-state index contributed by atoms with van der Waals surface area (Å²) in [5, 5.41) is 3.84. The lowest BCUT2D eigenvalue weighted by Crippen LogP contribution is -2.12. The van der Waals surface area contributed by atoms with Crippen LogP contribution in [0.2, 0.25) is 0 Å². The zero-order valence-electron chi connectivity index (χ0n) is 20.0. The van der Waals surface area contributed by atoms with E-state index in [4.69, 9.17) is 9.97 Å². The van der Waals surface area contributed by atoms with Crippen LogP contribution in [0.4, 0.5) is 0 Å². The van der Waals surface area contributed by atoms with E-state index in [1.54, 1.807) is 0 Å². The van der Waals surface area contributed by atoms with Crippen molar-refractivity contribution in [2.24, 2.45) is 5.92 Å². The van der Waals surface area contributed by atoms with Gasteiger partial charge < -0.3 is 0 Å². The smallest absolute Gasteiger partial charge is 0.0710 e. The van der Waals surface area contributed by atoms with Crippen molar-refractivity contribution in [1.82, 2.24) is 9.97 Å². The molecule has 0 saturated carbocycles. The number of hydrogen-bond acceptors (Lipinski definition) is 3. The van der Waals surface area contributed by atoms with E-state index in [1.165, 1.54) is 31.3 Å². The summed E-state index contributed by atoms with van der Waals surface area (Å²) in [4.78, 5) is 11.0. The highest BCUT2D eigenvalue weighted by Gasteiger charge is 2.19. The molecule has 0 aliphatic carbocycles. The molecule has 0 unspecified atom stereocenters. The van der Waals surface area contributed by atoms with E-state index < -0.39 is 0 Å². The minimum atomic E-state index is 0.0481. The second-order valence-corrected chi connectivity index (χ2v) is 11.5. The highest BCUT2D eigenvalue weighted by Crippen LogP contribution is 2.35. The molecule has 0 bridgehead atoms. The number of nitrogens with zero attached hydrogens (tertiary/aromatic N) is 2. The average Bonchev–Trinajstić information content (AvgIpc) is 3.18. The molecule has 0 atom stereocenters. The van der Waals surface area contributed by atoms with Crippen molar-refractivity contribution in [3.8, 4) is 22.5 Å². The van der Waals surface area contributed by atoms with Crippen molar-refractivity contribution >= 4 is 32.2 Å². The van der Waals surface area contributed by atoms with E-state index >= 15 is 0 Å². The molecule has 3 heterocycles. The second kappa shape index (κ2) is 8.39. The molecule has 0 amide bonds. The summed E-state index contributed by atoms with van der Waals surface area (Å²) in [6.45, 7) is 11.4. The Balaban J connectivity index is 1.58. The van der Waals surface area contributed by atoms with E-state index in [9.17, 15) is 0 Å². The zero-order chi connectivity index (χ0) is 23.2. The fourth-order valence-electron chi connectivity index (χ4n) is 4.49. The minimum absolute atomic E-state index is 0.0481. The van der Waals surface area contributed by atoms with Gasteiger partial charge in [0.2, 0.25) is 0 Å². The monoisotopic (exact) mass is 450 g/mol. The number of hydrogen-bond donors (Lipinski definition) is 0. The molecule has 5 aromatic rings. The highest BCUT2D eigenvalue weighted by molar-refractivity contribution is 7.19. The van der Waals surface area contributed by atoms with Crippen molar-refractivity contribution in [3.05, 3.63) is 83.5 Å². The molecule has 166 valence electrons. The lowest BCUT2D eigenvalue weighted by molar-refractivity contribution is 0.596. The van der Waals surface area contributed by atoms with Crippen LogP contribution in [0.1, 0.15) is 45.1 Å². The number of thiophene rings is 1. The summed E-state index contributed by atoms with van der Waals surface area (Å²) in [6.07, 6.45) is 5.04. The summed E-state index contributed by atoms with van der Waals surface area (Å²) < 4.78 is 1.26. The number of pyridine rings is 2. The summed E-state index contributed by atoms with van der Waals surface area (Å²) in [6, 6.07) is 22.0. The topological polar surface area (TPSA) is 25.8 Å². The minimum Gasteiger partial charge on any atom is -0.256 e. The van der Waals surface area contributed by atoms with Crippen molar-refractivity contribution in [2.45, 2.75) is 46.5 Å². The maximum atomic E-state index is 4.79. The van der Waals surface area contributed by atoms with Crippen LogP contribution in [0, 0.1) is 5.92 Å². The van der Waals surface area contributed by atoms with Crippen molar-refractivity contribution < 1.29 is 0 Å². The van der Waals surface area contributed by atoms with Crippen LogP contribution in [-0.2, 0) is 11.8 Å². The van der Waals surface area contributed by atoms with Crippen LogP contribution in [-0.4, -0.2) is 9.97 Å². The number of fused-ring (bicyclic) bond motifs is 2. The Kier molecular flexibility index (Phi) is 5.54. The molecule has 5 rings (SSSR count). The summed E-state index contributed by atoms with van der Waals surface area (Å²) in [7, 11) is 0. The number of aromatic nitrogens is 2. The van der Waals surface area contributed by atoms with Gasteiger partial charge in [0.1, 0.15) is 0 Å². The Hall–Kier alpha value is -3.04. The van der Waals surface area contributed by atoms with E-state index in [-0.39, 0.29) is 5.41 Å². The quantitative estimate of drug-likeness (QED) is 0.274. The fraction of sp³-hybridized carbons (Fsp3) is 0.267. The van der Waals surface area contributed by atoms with Gasteiger partial charge in [-0.05, 0) is 75.9 Å². The SMILES string of the molecule is CC(C)Cc1cc2cc(-c3ccnc(-c4cc(C(C)(C)C)c5ccccc5c4)c3)ncc2s1. The molecule has 3 aromatic heterocycles. The van der Waals surface area contributed by atoms with E-state index in [0.29, 0.717) is 5.92 Å². The van der Waals surface area contributed by atoms with E-state index in [2.05, 4.69) is 95.3 Å². The number of rotatable bonds is 4. The summed E-state index contributed by atoms with van der Waals surface area (Å²) in [5.74, 6) is 0.660. The first kappa shape index (κ1) is 21.8. The molecule has 2 aromatic carbocycles. The largest absolute Gasteiger partial charge is 0.256 e. The van der Waals surface area contributed by atoms with Gasteiger partial charge in [0.15, 0.2) is 0 Å². The van der Waals surface area contributed by atoms with Crippen LogP contribution in [0.3, 0.4) is 0 Å². The Morgan fingerprint density at radius 2 is 1.61 bits per heavy atom. The molecule has 0 saturated heterocycles. The third-order valence-corrected chi connectivity index (χ3v) is 7.19. The number of benzene rings is 2. The van der Waals surface area contributed by atoms with E-state index in [0.717, 1.165) is 28.9 Å². The summed E-state index contributed by atoms with van der Waals surface area (Å²) >= 11 is 1.86. The van der Waals surface area contributed by atoms with Gasteiger partial charge in [-0.25, -0.2) is 0 Å². The lowest BCUT2D eigenvalue weighted by Gasteiger charge is -2.22. The summed E-state index contributed by atoms with van der Waals surface area (Å²) in [5.41, 5.74) is 5.62. The first-order valence-electron chi connectivity index (χ1n) is 11.7. The first-order chi connectivity index (χ1) is 15.8. The molecule has 0 fully saturated rings. The van der Waals surface area contributed by atoms with E-state index in [1.807, 2.05) is 23.7 Å². The van der Waals surface area contributed by atoms with Gasteiger partial charge in [-0.3, -0.25) is 9.97 Å². The predicted octanol–water partition coefficient (Wildman–Crippen LogP) is 8.67. The van der Waals surface area contributed by atoms with Gasteiger partial charge in [-0.15, -0.1) is 11.3 Å². The molecular weight excluding hydrogens is 420 g/mol. The van der Waals surface area contributed by atoms with Crippen LogP contribution in [0.5, 0.6) is 0 Å². The van der Waals surface area contributed by atoms with Gasteiger partial charge in [0, 0.05) is 28.4 Å². The van der Waals surface area contributed by atoms with Crippen LogP contribution < -0.4 is 0 Å². The van der Waals surface area contributed by atoms with Crippen molar-refractivity contribution in [3.63, 3.8) is 0 Å². The zero-order valence-corrected chi connectivity index (χ0v) is 20.8. The third kappa shape index (κ3) is 4.43. The molecule has 2 nitrogen and oxygen atoms in total. The highest BCUT2D eigenvalue weighted by atomic mass is 32.1. The van der Waals surface area contributed by atoms with Crippen LogP contribution in [0.25, 0.3) is 43.4 Å². The van der Waals surface area contributed by atoms with Crippen LogP contribution in [0.15, 0.2) is 73.1 Å². The maximum Gasteiger partial charge on any atom is 0.0710 e. The fourth-order valence-corrected chi connectivity index (χ4v) is 5.71. The van der Waals surface area contributed by atoms with Crippen molar-refractivity contribution in [2.75, 3.05) is 0 Å². The average molecular weight is 451 g/mol. The van der Waals surface area contributed by atoms with Crippen molar-refractivity contribution in [1.29, 1.82) is 0 Å². The Labute approximate surface area is 200 Å². The Bertz CT molecular complexity index is 1450. The standard InChI is InChI=1S/C30H30N2S/c1-19(2)12-24-14-23-17-27(32-18-29(23)33-24)21-10-11-31-28(16-21)22-13-20-8-6-7-9-25(20)26(15-22)30(3,4)5/h6-11,13-19H,12H2,1-5H3. The van der Waals surface area contributed by atoms with Gasteiger partial charge in [-0.2, -0.15) is 0 Å².